The van der Waals surface area contributed by atoms with E-state index in [1.54, 1.807) is 0 Å². The molecule has 0 saturated heterocycles. The molecule has 1 aliphatic rings. The Kier molecular flexibility index (Phi) is 7.83. The first-order valence-electron chi connectivity index (χ1n) is 20.8. The summed E-state index contributed by atoms with van der Waals surface area (Å²) in [5.74, 6) is 0. The molecule has 0 radical (unpaired) electrons. The van der Waals surface area contributed by atoms with Crippen molar-refractivity contribution < 1.29 is 0 Å². The number of fused-ring (bicyclic) bond motifs is 10. The molecule has 0 unspecified atom stereocenters. The topological polar surface area (TPSA) is 3.24 Å². The monoisotopic (exact) mass is 761 g/mol. The summed E-state index contributed by atoms with van der Waals surface area (Å²) < 4.78 is 0. The highest BCUT2D eigenvalue weighted by molar-refractivity contribution is 6.30. The van der Waals surface area contributed by atoms with Gasteiger partial charge in [0.15, 0.2) is 0 Å². The Morgan fingerprint density at radius 2 is 0.867 bits per heavy atom. The van der Waals surface area contributed by atoms with Gasteiger partial charge in [-0.15, -0.1) is 0 Å². The minimum Gasteiger partial charge on any atom is -0.309 e. The van der Waals surface area contributed by atoms with Crippen molar-refractivity contribution in [1.82, 2.24) is 0 Å². The zero-order valence-electron chi connectivity index (χ0n) is 33.0. The molecule has 12 rings (SSSR count). The van der Waals surface area contributed by atoms with Crippen molar-refractivity contribution in [1.29, 1.82) is 0 Å². The normalized spacial score (nSPS) is 12.8. The van der Waals surface area contributed by atoms with Gasteiger partial charge in [0, 0.05) is 22.0 Å². The summed E-state index contributed by atoms with van der Waals surface area (Å²) in [6, 6.07) is 87.5. The second-order valence-electron chi connectivity index (χ2n) is 16.0. The number of benzene rings is 11. The molecule has 0 aliphatic heterocycles. The van der Waals surface area contributed by atoms with E-state index in [-0.39, 0.29) is 0 Å². The standard InChI is InChI=1S/C59H39N/c1-4-18-40(19-5-1)43-22-16-27-47(38-43)60(55-39-44-35-34-41-20-10-12-28-48(41)56(44)57-49-29-13-11-21-42(49)36-37-51(55)57)54-33-17-32-53-58(54)50-30-14-15-31-52(50)59(53,45-23-6-2-7-24-45)46-25-8-3-9-26-46/h1-39H. The van der Waals surface area contributed by atoms with Crippen LogP contribution in [0.15, 0.2) is 237 Å². The Morgan fingerprint density at radius 1 is 0.317 bits per heavy atom. The zero-order valence-corrected chi connectivity index (χ0v) is 33.0. The van der Waals surface area contributed by atoms with Gasteiger partial charge in [-0.2, -0.15) is 0 Å². The second kappa shape index (κ2) is 13.7. The predicted molar refractivity (Wildman–Crippen MR) is 254 cm³/mol. The summed E-state index contributed by atoms with van der Waals surface area (Å²) >= 11 is 0. The van der Waals surface area contributed by atoms with Crippen LogP contribution in [-0.4, -0.2) is 0 Å². The number of rotatable bonds is 6. The van der Waals surface area contributed by atoms with Gasteiger partial charge in [0.05, 0.1) is 16.8 Å². The summed E-state index contributed by atoms with van der Waals surface area (Å²) in [4.78, 5) is 2.56. The number of anilines is 3. The summed E-state index contributed by atoms with van der Waals surface area (Å²) in [5.41, 5.74) is 12.8. The van der Waals surface area contributed by atoms with Crippen LogP contribution in [-0.2, 0) is 5.41 Å². The Labute approximate surface area is 350 Å². The third-order valence-corrected chi connectivity index (χ3v) is 12.9. The lowest BCUT2D eigenvalue weighted by Gasteiger charge is -2.34. The molecule has 0 bridgehead atoms. The summed E-state index contributed by atoms with van der Waals surface area (Å²) in [6.07, 6.45) is 0. The van der Waals surface area contributed by atoms with Gasteiger partial charge >= 0.3 is 0 Å². The van der Waals surface area contributed by atoms with E-state index < -0.39 is 5.41 Å². The molecule has 0 aromatic heterocycles. The minimum atomic E-state index is -0.525. The molecule has 11 aromatic carbocycles. The van der Waals surface area contributed by atoms with E-state index in [2.05, 4.69) is 241 Å². The molecule has 11 aromatic rings. The van der Waals surface area contributed by atoms with Crippen molar-refractivity contribution >= 4 is 60.2 Å². The largest absolute Gasteiger partial charge is 0.309 e. The lowest BCUT2D eigenvalue weighted by molar-refractivity contribution is 0.768. The molecule has 60 heavy (non-hydrogen) atoms. The number of hydrogen-bond donors (Lipinski definition) is 0. The summed E-state index contributed by atoms with van der Waals surface area (Å²) in [7, 11) is 0. The van der Waals surface area contributed by atoms with Crippen LogP contribution in [0.25, 0.3) is 65.3 Å². The molecule has 0 amide bonds. The molecule has 280 valence electrons. The Balaban J connectivity index is 1.24. The van der Waals surface area contributed by atoms with E-state index in [0.29, 0.717) is 0 Å². The van der Waals surface area contributed by atoms with Crippen LogP contribution >= 0.6 is 0 Å². The average Bonchev–Trinajstić information content (AvgIpc) is 3.64. The lowest BCUT2D eigenvalue weighted by Crippen LogP contribution is -2.28. The van der Waals surface area contributed by atoms with Crippen LogP contribution in [0.1, 0.15) is 22.3 Å². The van der Waals surface area contributed by atoms with E-state index in [9.17, 15) is 0 Å². The fourth-order valence-corrected chi connectivity index (χ4v) is 10.4. The first-order chi connectivity index (χ1) is 29.8. The molecule has 0 atom stereocenters. The molecule has 0 N–H and O–H groups in total. The molecule has 0 heterocycles. The van der Waals surface area contributed by atoms with Gasteiger partial charge in [0.2, 0.25) is 0 Å². The van der Waals surface area contributed by atoms with E-state index in [1.165, 1.54) is 87.6 Å². The maximum atomic E-state index is 2.56. The number of nitrogens with zero attached hydrogens (tertiary/aromatic N) is 1. The molecule has 1 aliphatic carbocycles. The smallest absolute Gasteiger partial charge is 0.0714 e. The van der Waals surface area contributed by atoms with Crippen molar-refractivity contribution in [2.24, 2.45) is 0 Å². The fourth-order valence-electron chi connectivity index (χ4n) is 10.4. The van der Waals surface area contributed by atoms with Crippen molar-refractivity contribution in [3.05, 3.63) is 259 Å². The molecule has 0 spiro atoms. The second-order valence-corrected chi connectivity index (χ2v) is 16.0. The summed E-state index contributed by atoms with van der Waals surface area (Å²) in [5, 5.41) is 10.00. The van der Waals surface area contributed by atoms with Gasteiger partial charge in [0.1, 0.15) is 0 Å². The third kappa shape index (κ3) is 5.06. The molecule has 0 saturated carbocycles. The third-order valence-electron chi connectivity index (χ3n) is 12.9. The highest BCUT2D eigenvalue weighted by atomic mass is 15.1. The maximum Gasteiger partial charge on any atom is 0.0714 e. The van der Waals surface area contributed by atoms with Gasteiger partial charge in [-0.3, -0.25) is 0 Å². The van der Waals surface area contributed by atoms with Gasteiger partial charge < -0.3 is 4.90 Å². The fraction of sp³-hybridized carbons (Fsp3) is 0.0169. The Bertz CT molecular complexity index is 3380. The SMILES string of the molecule is c1ccc(-c2cccc(N(c3cccc4c3-c3ccccc3C4(c3ccccc3)c3ccccc3)c3cc4ccc5ccccc5c4c4c3ccc3ccccc34)c2)cc1. The quantitative estimate of drug-likeness (QED) is 0.153. The van der Waals surface area contributed by atoms with Crippen LogP contribution < -0.4 is 4.90 Å². The maximum absolute atomic E-state index is 2.56. The van der Waals surface area contributed by atoms with Gasteiger partial charge in [-0.1, -0.05) is 212 Å². The van der Waals surface area contributed by atoms with E-state index >= 15 is 0 Å². The van der Waals surface area contributed by atoms with Crippen LogP contribution in [0.3, 0.4) is 0 Å². The Hall–Kier alpha value is -7.74. The van der Waals surface area contributed by atoms with Gasteiger partial charge in [-0.05, 0) is 95.5 Å². The molecule has 1 heteroatoms. The first kappa shape index (κ1) is 34.3. The van der Waals surface area contributed by atoms with E-state index in [4.69, 9.17) is 0 Å². The van der Waals surface area contributed by atoms with Crippen molar-refractivity contribution in [3.63, 3.8) is 0 Å². The van der Waals surface area contributed by atoms with Gasteiger partial charge in [-0.25, -0.2) is 0 Å². The van der Waals surface area contributed by atoms with Crippen LogP contribution in [0.4, 0.5) is 17.1 Å². The summed E-state index contributed by atoms with van der Waals surface area (Å²) in [6.45, 7) is 0. The van der Waals surface area contributed by atoms with Crippen molar-refractivity contribution in [2.45, 2.75) is 5.41 Å². The average molecular weight is 762 g/mol. The number of hydrogen-bond acceptors (Lipinski definition) is 1. The minimum absolute atomic E-state index is 0.525. The lowest BCUT2D eigenvalue weighted by atomic mass is 9.68. The van der Waals surface area contributed by atoms with Crippen LogP contribution in [0, 0.1) is 0 Å². The highest BCUT2D eigenvalue weighted by Crippen LogP contribution is 2.60. The van der Waals surface area contributed by atoms with Gasteiger partial charge in [0.25, 0.3) is 0 Å². The van der Waals surface area contributed by atoms with E-state index in [1.807, 2.05) is 0 Å². The van der Waals surface area contributed by atoms with Crippen LogP contribution in [0.2, 0.25) is 0 Å². The van der Waals surface area contributed by atoms with E-state index in [0.717, 1.165) is 17.1 Å². The van der Waals surface area contributed by atoms with Crippen LogP contribution in [0.5, 0.6) is 0 Å². The Morgan fingerprint density at radius 3 is 1.60 bits per heavy atom. The van der Waals surface area contributed by atoms with Crippen molar-refractivity contribution in [2.75, 3.05) is 4.90 Å². The highest BCUT2D eigenvalue weighted by Gasteiger charge is 2.47. The molecule has 0 fully saturated rings. The molecular formula is C59H39N. The first-order valence-corrected chi connectivity index (χ1v) is 20.8. The molecule has 1 nitrogen and oxygen atoms in total. The zero-order chi connectivity index (χ0) is 39.6. The van der Waals surface area contributed by atoms with Crippen molar-refractivity contribution in [3.8, 4) is 22.3 Å². The molecular weight excluding hydrogens is 723 g/mol. The predicted octanol–water partition coefficient (Wildman–Crippen LogP) is 15.8.